The first-order valence-corrected chi connectivity index (χ1v) is 10.8. The second-order valence-electron chi connectivity index (χ2n) is 8.39. The second kappa shape index (κ2) is 7.64. The van der Waals surface area contributed by atoms with Gasteiger partial charge in [-0.05, 0) is 79.7 Å². The summed E-state index contributed by atoms with van der Waals surface area (Å²) in [6.45, 7) is 11.1. The fourth-order valence-electron chi connectivity index (χ4n) is 4.07. The van der Waals surface area contributed by atoms with Crippen LogP contribution in [0.4, 0.5) is 0 Å². The largest absolute Gasteiger partial charge is 0.293 e. The Bertz CT molecular complexity index is 816. The summed E-state index contributed by atoms with van der Waals surface area (Å²) in [7, 11) is 0. The SMILES string of the molecule is CCc1cc(CCC(=O)c2sc(CC)c3c2CCC(C)(C)C3)cc(C)n1. The number of hydrogen-bond donors (Lipinski definition) is 0. The minimum absolute atomic E-state index is 0.332. The molecule has 1 aliphatic rings. The van der Waals surface area contributed by atoms with Crippen LogP contribution in [0.25, 0.3) is 0 Å². The number of carbonyl (C=O) groups is 1. The number of aromatic nitrogens is 1. The van der Waals surface area contributed by atoms with Crippen molar-refractivity contribution in [3.63, 3.8) is 0 Å². The van der Waals surface area contributed by atoms with Crippen molar-refractivity contribution in [1.82, 2.24) is 4.98 Å². The number of pyridine rings is 1. The van der Waals surface area contributed by atoms with E-state index in [2.05, 4.69) is 44.8 Å². The average molecular weight is 370 g/mol. The van der Waals surface area contributed by atoms with E-state index in [0.717, 1.165) is 48.4 Å². The summed E-state index contributed by atoms with van der Waals surface area (Å²) in [5.41, 5.74) is 6.64. The lowest BCUT2D eigenvalue weighted by molar-refractivity contribution is 0.0985. The standard InChI is InChI=1S/C23H31NOS/c1-6-17-13-16(12-15(3)24-17)8-9-20(25)22-18-10-11-23(4,5)14-19(18)21(7-2)26-22/h12-13H,6-11,14H2,1-5H3. The van der Waals surface area contributed by atoms with Crippen LogP contribution in [-0.2, 0) is 32.1 Å². The van der Waals surface area contributed by atoms with Gasteiger partial charge in [-0.15, -0.1) is 11.3 Å². The molecule has 0 radical (unpaired) electrons. The summed E-state index contributed by atoms with van der Waals surface area (Å²) in [5.74, 6) is 0.332. The van der Waals surface area contributed by atoms with Crippen LogP contribution in [0.5, 0.6) is 0 Å². The maximum absolute atomic E-state index is 13.0. The summed E-state index contributed by atoms with van der Waals surface area (Å²) in [4.78, 5) is 20.0. The van der Waals surface area contributed by atoms with E-state index in [9.17, 15) is 4.79 Å². The molecule has 2 heterocycles. The topological polar surface area (TPSA) is 30.0 Å². The first-order valence-electron chi connectivity index (χ1n) is 9.96. The molecule has 0 bridgehead atoms. The minimum Gasteiger partial charge on any atom is -0.293 e. The maximum atomic E-state index is 13.0. The highest BCUT2D eigenvalue weighted by Gasteiger charge is 2.31. The summed E-state index contributed by atoms with van der Waals surface area (Å²) in [5, 5.41) is 0. The Hall–Kier alpha value is -1.48. The van der Waals surface area contributed by atoms with E-state index in [-0.39, 0.29) is 0 Å². The highest BCUT2D eigenvalue weighted by Crippen LogP contribution is 2.42. The quantitative estimate of drug-likeness (QED) is 0.593. The molecule has 0 unspecified atom stereocenters. The third-order valence-electron chi connectivity index (χ3n) is 5.55. The Labute approximate surface area is 162 Å². The van der Waals surface area contributed by atoms with E-state index in [1.165, 1.54) is 28.0 Å². The van der Waals surface area contributed by atoms with Gasteiger partial charge >= 0.3 is 0 Å². The number of nitrogens with zero attached hydrogens (tertiary/aromatic N) is 1. The Morgan fingerprint density at radius 1 is 1.19 bits per heavy atom. The molecular weight excluding hydrogens is 338 g/mol. The molecule has 0 amide bonds. The van der Waals surface area contributed by atoms with Crippen LogP contribution in [-0.4, -0.2) is 10.8 Å². The minimum atomic E-state index is 0.332. The Morgan fingerprint density at radius 3 is 2.65 bits per heavy atom. The van der Waals surface area contributed by atoms with E-state index < -0.39 is 0 Å². The fraction of sp³-hybridized carbons (Fsp3) is 0.565. The van der Waals surface area contributed by atoms with Crippen LogP contribution in [0.15, 0.2) is 12.1 Å². The van der Waals surface area contributed by atoms with Gasteiger partial charge in [0.25, 0.3) is 0 Å². The van der Waals surface area contributed by atoms with Crippen LogP contribution < -0.4 is 0 Å². The Kier molecular flexibility index (Phi) is 5.67. The zero-order valence-electron chi connectivity index (χ0n) is 16.9. The summed E-state index contributed by atoms with van der Waals surface area (Å²) in [6.07, 6.45) is 6.77. The van der Waals surface area contributed by atoms with E-state index in [0.29, 0.717) is 17.6 Å². The lowest BCUT2D eigenvalue weighted by atomic mass is 9.74. The van der Waals surface area contributed by atoms with Gasteiger partial charge in [-0.25, -0.2) is 0 Å². The Balaban J connectivity index is 1.79. The van der Waals surface area contributed by atoms with Crippen molar-refractivity contribution in [2.24, 2.45) is 5.41 Å². The first-order chi connectivity index (χ1) is 12.3. The fourth-order valence-corrected chi connectivity index (χ4v) is 5.35. The Morgan fingerprint density at radius 2 is 1.96 bits per heavy atom. The molecule has 0 N–H and O–H groups in total. The number of aryl methyl sites for hydroxylation is 4. The molecule has 26 heavy (non-hydrogen) atoms. The van der Waals surface area contributed by atoms with Gasteiger partial charge in [-0.2, -0.15) is 0 Å². The molecule has 0 saturated carbocycles. The van der Waals surface area contributed by atoms with Crippen LogP contribution in [0.3, 0.4) is 0 Å². The molecule has 2 aromatic rings. The molecule has 0 fully saturated rings. The van der Waals surface area contributed by atoms with Crippen LogP contribution in [0.2, 0.25) is 0 Å². The highest BCUT2D eigenvalue weighted by molar-refractivity contribution is 7.14. The number of fused-ring (bicyclic) bond motifs is 1. The lowest BCUT2D eigenvalue weighted by Gasteiger charge is -2.30. The van der Waals surface area contributed by atoms with E-state index >= 15 is 0 Å². The van der Waals surface area contributed by atoms with Crippen LogP contribution >= 0.6 is 11.3 Å². The maximum Gasteiger partial charge on any atom is 0.173 e. The molecule has 140 valence electrons. The van der Waals surface area contributed by atoms with Gasteiger partial charge in [0, 0.05) is 22.7 Å². The van der Waals surface area contributed by atoms with Gasteiger partial charge in [-0.3, -0.25) is 9.78 Å². The van der Waals surface area contributed by atoms with Crippen molar-refractivity contribution >= 4 is 17.1 Å². The van der Waals surface area contributed by atoms with Crippen molar-refractivity contribution in [2.45, 2.75) is 79.6 Å². The number of hydrogen-bond acceptors (Lipinski definition) is 3. The molecular formula is C23H31NOS. The van der Waals surface area contributed by atoms with Gasteiger partial charge in [0.2, 0.25) is 0 Å². The number of carbonyl (C=O) groups excluding carboxylic acids is 1. The van der Waals surface area contributed by atoms with E-state index in [4.69, 9.17) is 0 Å². The van der Waals surface area contributed by atoms with Crippen molar-refractivity contribution in [3.05, 3.63) is 50.0 Å². The van der Waals surface area contributed by atoms with Crippen molar-refractivity contribution in [3.8, 4) is 0 Å². The highest BCUT2D eigenvalue weighted by atomic mass is 32.1. The first kappa shape index (κ1) is 19.3. The number of Topliss-reactive ketones (excluding diaryl/α,β-unsaturated/α-hetero) is 1. The average Bonchev–Trinajstić information content (AvgIpc) is 2.95. The zero-order valence-corrected chi connectivity index (χ0v) is 17.7. The van der Waals surface area contributed by atoms with Gasteiger partial charge in [0.15, 0.2) is 5.78 Å². The van der Waals surface area contributed by atoms with Gasteiger partial charge in [0.1, 0.15) is 0 Å². The third kappa shape index (κ3) is 4.09. The van der Waals surface area contributed by atoms with E-state index in [1.54, 1.807) is 11.3 Å². The van der Waals surface area contributed by atoms with Crippen molar-refractivity contribution in [2.75, 3.05) is 0 Å². The van der Waals surface area contributed by atoms with Crippen LogP contribution in [0, 0.1) is 12.3 Å². The zero-order chi connectivity index (χ0) is 18.9. The molecule has 3 rings (SSSR count). The van der Waals surface area contributed by atoms with Gasteiger partial charge in [-0.1, -0.05) is 27.7 Å². The predicted octanol–water partition coefficient (Wildman–Crippen LogP) is 5.91. The molecule has 3 heteroatoms. The smallest absolute Gasteiger partial charge is 0.173 e. The summed E-state index contributed by atoms with van der Waals surface area (Å²) < 4.78 is 0. The number of thiophene rings is 1. The van der Waals surface area contributed by atoms with Crippen molar-refractivity contribution in [1.29, 1.82) is 0 Å². The molecule has 2 aromatic heterocycles. The van der Waals surface area contributed by atoms with Gasteiger partial charge < -0.3 is 0 Å². The monoisotopic (exact) mass is 369 g/mol. The number of rotatable bonds is 6. The van der Waals surface area contributed by atoms with Crippen LogP contribution in [0.1, 0.15) is 83.2 Å². The normalized spacial score (nSPS) is 15.7. The lowest BCUT2D eigenvalue weighted by Crippen LogP contribution is -2.22. The van der Waals surface area contributed by atoms with Crippen molar-refractivity contribution < 1.29 is 4.79 Å². The molecule has 0 spiro atoms. The molecule has 0 atom stereocenters. The van der Waals surface area contributed by atoms with Gasteiger partial charge in [0.05, 0.1) is 4.88 Å². The molecule has 0 aliphatic heterocycles. The molecule has 0 saturated heterocycles. The summed E-state index contributed by atoms with van der Waals surface area (Å²) >= 11 is 1.77. The predicted molar refractivity (Wildman–Crippen MR) is 111 cm³/mol. The molecule has 2 nitrogen and oxygen atoms in total. The number of ketones is 1. The molecule has 0 aromatic carbocycles. The van der Waals surface area contributed by atoms with E-state index in [1.807, 2.05) is 6.92 Å². The second-order valence-corrected chi connectivity index (χ2v) is 9.50. The third-order valence-corrected chi connectivity index (χ3v) is 7.01. The molecule has 1 aliphatic carbocycles. The summed E-state index contributed by atoms with van der Waals surface area (Å²) in [6, 6.07) is 4.28.